The summed E-state index contributed by atoms with van der Waals surface area (Å²) in [6, 6.07) is 4.52. The number of ether oxygens (including phenoxy) is 1. The van der Waals surface area contributed by atoms with E-state index in [0.29, 0.717) is 18.0 Å². The van der Waals surface area contributed by atoms with Gasteiger partial charge in [0, 0.05) is 12.1 Å². The van der Waals surface area contributed by atoms with Gasteiger partial charge >= 0.3 is 0 Å². The fourth-order valence-electron chi connectivity index (χ4n) is 1.60. The molecule has 0 aliphatic heterocycles. The van der Waals surface area contributed by atoms with Crippen LogP contribution in [0.5, 0.6) is 5.75 Å². The standard InChI is InChI=1S/C13H22N3O4/c1-16(2,3)7-6-14-12-10-11(20-9-8-17)4-5-13(12)15(18)19/h4-5,10,14,17H,6-9H2,1-3H3/q+1. The van der Waals surface area contributed by atoms with Crippen LogP contribution < -0.4 is 10.1 Å². The van der Waals surface area contributed by atoms with Crippen LogP contribution in [0.4, 0.5) is 11.4 Å². The summed E-state index contributed by atoms with van der Waals surface area (Å²) in [5.74, 6) is 0.498. The van der Waals surface area contributed by atoms with Gasteiger partial charge in [0.2, 0.25) is 0 Å². The molecule has 7 nitrogen and oxygen atoms in total. The van der Waals surface area contributed by atoms with E-state index in [1.165, 1.54) is 12.1 Å². The lowest BCUT2D eigenvalue weighted by Crippen LogP contribution is -2.38. The number of rotatable bonds is 8. The van der Waals surface area contributed by atoms with E-state index < -0.39 is 4.92 Å². The van der Waals surface area contributed by atoms with Crippen molar-refractivity contribution in [2.45, 2.75) is 0 Å². The number of nitrogens with zero attached hydrogens (tertiary/aromatic N) is 2. The van der Waals surface area contributed by atoms with E-state index >= 15 is 0 Å². The number of quaternary nitrogens is 1. The van der Waals surface area contributed by atoms with Crippen LogP contribution >= 0.6 is 0 Å². The Morgan fingerprint density at radius 1 is 1.40 bits per heavy atom. The molecule has 0 heterocycles. The minimum Gasteiger partial charge on any atom is -0.491 e. The lowest BCUT2D eigenvalue weighted by Gasteiger charge is -2.24. The summed E-state index contributed by atoms with van der Waals surface area (Å²) in [6.45, 7) is 1.52. The molecule has 0 unspecified atom stereocenters. The summed E-state index contributed by atoms with van der Waals surface area (Å²) in [4.78, 5) is 10.6. The Balaban J connectivity index is 2.80. The van der Waals surface area contributed by atoms with E-state index in [0.717, 1.165) is 11.0 Å². The van der Waals surface area contributed by atoms with Gasteiger partial charge in [-0.15, -0.1) is 0 Å². The highest BCUT2D eigenvalue weighted by atomic mass is 16.6. The zero-order valence-electron chi connectivity index (χ0n) is 12.1. The summed E-state index contributed by atoms with van der Waals surface area (Å²) >= 11 is 0. The van der Waals surface area contributed by atoms with Crippen LogP contribution in [-0.4, -0.2) is 62.0 Å². The van der Waals surface area contributed by atoms with Crippen LogP contribution in [0.1, 0.15) is 0 Å². The second kappa shape index (κ2) is 7.06. The predicted molar refractivity (Wildman–Crippen MR) is 77.1 cm³/mol. The highest BCUT2D eigenvalue weighted by Gasteiger charge is 2.15. The predicted octanol–water partition coefficient (Wildman–Crippen LogP) is 1.08. The molecule has 0 saturated carbocycles. The van der Waals surface area contributed by atoms with Crippen LogP contribution in [-0.2, 0) is 0 Å². The second-order valence-electron chi connectivity index (χ2n) is 5.45. The molecule has 0 bridgehead atoms. The maximum atomic E-state index is 11.0. The summed E-state index contributed by atoms with van der Waals surface area (Å²) in [5, 5.41) is 22.8. The van der Waals surface area contributed by atoms with Gasteiger partial charge < -0.3 is 19.6 Å². The number of nitro groups is 1. The smallest absolute Gasteiger partial charge is 0.292 e. The van der Waals surface area contributed by atoms with Crippen molar-refractivity contribution in [3.8, 4) is 5.75 Å². The molecule has 112 valence electrons. The molecule has 0 fully saturated rings. The third-order valence-electron chi connectivity index (χ3n) is 2.62. The third kappa shape index (κ3) is 5.41. The highest BCUT2D eigenvalue weighted by molar-refractivity contribution is 5.64. The van der Waals surface area contributed by atoms with Gasteiger partial charge in [-0.05, 0) is 6.07 Å². The Hall–Kier alpha value is -1.86. The van der Waals surface area contributed by atoms with Gasteiger partial charge in [-0.2, -0.15) is 0 Å². The third-order valence-corrected chi connectivity index (χ3v) is 2.62. The van der Waals surface area contributed by atoms with Crippen molar-refractivity contribution in [3.63, 3.8) is 0 Å². The van der Waals surface area contributed by atoms with Crippen LogP contribution in [0.25, 0.3) is 0 Å². The number of aliphatic hydroxyl groups excluding tert-OH is 1. The fraction of sp³-hybridized carbons (Fsp3) is 0.538. The summed E-state index contributed by atoms with van der Waals surface area (Å²) in [6.07, 6.45) is 0. The summed E-state index contributed by atoms with van der Waals surface area (Å²) in [7, 11) is 6.16. The molecular formula is C13H22N3O4+. The molecular weight excluding hydrogens is 262 g/mol. The SMILES string of the molecule is C[N+](C)(C)CCNc1cc(OCCO)ccc1[N+](=O)[O-]. The molecule has 1 aromatic rings. The van der Waals surface area contributed by atoms with Crippen molar-refractivity contribution < 1.29 is 19.2 Å². The lowest BCUT2D eigenvalue weighted by atomic mass is 10.2. The summed E-state index contributed by atoms with van der Waals surface area (Å²) < 4.78 is 6.03. The van der Waals surface area contributed by atoms with Gasteiger partial charge in [0.1, 0.15) is 18.0 Å². The van der Waals surface area contributed by atoms with Crippen LogP contribution in [0.15, 0.2) is 18.2 Å². The highest BCUT2D eigenvalue weighted by Crippen LogP contribution is 2.28. The normalized spacial score (nSPS) is 11.2. The number of hydrogen-bond donors (Lipinski definition) is 2. The molecule has 7 heteroatoms. The monoisotopic (exact) mass is 284 g/mol. The van der Waals surface area contributed by atoms with E-state index in [1.54, 1.807) is 6.07 Å². The molecule has 1 rings (SSSR count). The van der Waals surface area contributed by atoms with E-state index in [4.69, 9.17) is 9.84 Å². The molecule has 1 aromatic carbocycles. The Kier molecular flexibility index (Phi) is 5.72. The quantitative estimate of drug-likeness (QED) is 0.424. The zero-order valence-corrected chi connectivity index (χ0v) is 12.1. The average Bonchev–Trinajstić information content (AvgIpc) is 2.34. The second-order valence-corrected chi connectivity index (χ2v) is 5.45. The maximum absolute atomic E-state index is 11.0. The molecule has 0 saturated heterocycles. The summed E-state index contributed by atoms with van der Waals surface area (Å²) in [5.41, 5.74) is 0.446. The van der Waals surface area contributed by atoms with Crippen LogP contribution in [0.3, 0.4) is 0 Å². The molecule has 0 aromatic heterocycles. The average molecular weight is 284 g/mol. The number of likely N-dealkylation sites (N-methyl/N-ethyl adjacent to an activating group) is 1. The number of benzene rings is 1. The van der Waals surface area contributed by atoms with Crippen molar-refractivity contribution in [3.05, 3.63) is 28.3 Å². The van der Waals surface area contributed by atoms with Gasteiger partial charge in [0.15, 0.2) is 0 Å². The Labute approximate surface area is 118 Å². The van der Waals surface area contributed by atoms with Gasteiger partial charge in [0.05, 0.1) is 45.8 Å². The zero-order chi connectivity index (χ0) is 15.2. The molecule has 2 N–H and O–H groups in total. The number of hydrogen-bond acceptors (Lipinski definition) is 5. The molecule has 0 spiro atoms. The van der Waals surface area contributed by atoms with E-state index in [2.05, 4.69) is 26.5 Å². The van der Waals surface area contributed by atoms with Gasteiger partial charge in [-0.3, -0.25) is 10.1 Å². The van der Waals surface area contributed by atoms with E-state index in [-0.39, 0.29) is 18.9 Å². The Morgan fingerprint density at radius 3 is 2.65 bits per heavy atom. The molecule has 0 amide bonds. The Bertz CT molecular complexity index is 457. The number of anilines is 1. The molecule has 0 radical (unpaired) electrons. The van der Waals surface area contributed by atoms with E-state index in [1.807, 2.05) is 0 Å². The molecule has 0 aliphatic rings. The first kappa shape index (κ1) is 16.2. The van der Waals surface area contributed by atoms with Crippen LogP contribution in [0, 0.1) is 10.1 Å². The van der Waals surface area contributed by atoms with Crippen LogP contribution in [0.2, 0.25) is 0 Å². The van der Waals surface area contributed by atoms with Gasteiger partial charge in [0.25, 0.3) is 5.69 Å². The molecule has 0 atom stereocenters. The van der Waals surface area contributed by atoms with Crippen molar-refractivity contribution in [2.75, 3.05) is 52.8 Å². The first-order valence-corrected chi connectivity index (χ1v) is 6.40. The maximum Gasteiger partial charge on any atom is 0.292 e. The topological polar surface area (TPSA) is 84.6 Å². The van der Waals surface area contributed by atoms with Crippen molar-refractivity contribution in [2.24, 2.45) is 0 Å². The number of nitrogens with one attached hydrogen (secondary N) is 1. The van der Waals surface area contributed by atoms with Crippen molar-refractivity contribution >= 4 is 11.4 Å². The fourth-order valence-corrected chi connectivity index (χ4v) is 1.60. The minimum atomic E-state index is -0.426. The molecule has 20 heavy (non-hydrogen) atoms. The van der Waals surface area contributed by atoms with Gasteiger partial charge in [-0.1, -0.05) is 0 Å². The lowest BCUT2D eigenvalue weighted by molar-refractivity contribution is -0.868. The van der Waals surface area contributed by atoms with Crippen molar-refractivity contribution in [1.82, 2.24) is 0 Å². The Morgan fingerprint density at radius 2 is 2.10 bits per heavy atom. The number of nitro benzene ring substituents is 1. The largest absolute Gasteiger partial charge is 0.491 e. The number of aliphatic hydroxyl groups is 1. The first-order chi connectivity index (χ1) is 9.33. The van der Waals surface area contributed by atoms with Gasteiger partial charge in [-0.25, -0.2) is 0 Å². The van der Waals surface area contributed by atoms with Crippen molar-refractivity contribution in [1.29, 1.82) is 0 Å². The molecule has 0 aliphatic carbocycles. The first-order valence-electron chi connectivity index (χ1n) is 6.40. The minimum absolute atomic E-state index is 0.0164. The van der Waals surface area contributed by atoms with E-state index in [9.17, 15) is 10.1 Å².